The summed E-state index contributed by atoms with van der Waals surface area (Å²) >= 11 is 14.1. The maximum Gasteiger partial charge on any atom is 0.262 e. The van der Waals surface area contributed by atoms with E-state index in [1.54, 1.807) is 23.9 Å². The Morgan fingerprint density at radius 2 is 1.69 bits per heavy atom. The van der Waals surface area contributed by atoms with Crippen LogP contribution in [-0.2, 0) is 13.1 Å². The number of fused-ring (bicyclic) bond motifs is 1. The van der Waals surface area contributed by atoms with Gasteiger partial charge in [-0.15, -0.1) is 0 Å². The van der Waals surface area contributed by atoms with Crippen LogP contribution in [0.25, 0.3) is 39.2 Å². The van der Waals surface area contributed by atoms with Gasteiger partial charge in [-0.05, 0) is 43.8 Å². The minimum Gasteiger partial charge on any atom is -0.481 e. The summed E-state index contributed by atoms with van der Waals surface area (Å²) in [6.07, 6.45) is 5.62. The number of nitrogens with zero attached hydrogens (tertiary/aromatic N) is 4. The van der Waals surface area contributed by atoms with Gasteiger partial charge in [-0.25, -0.2) is 9.97 Å². The maximum atomic E-state index is 13.2. The van der Waals surface area contributed by atoms with Crippen LogP contribution in [0.1, 0.15) is 30.9 Å². The molecule has 0 radical (unpaired) electrons. The van der Waals surface area contributed by atoms with Crippen LogP contribution in [0.15, 0.2) is 77.9 Å². The van der Waals surface area contributed by atoms with E-state index in [1.165, 1.54) is 0 Å². The number of unbranched alkanes of at least 4 members (excludes halogenated alkanes) is 1. The Hall–Kier alpha value is -3.79. The van der Waals surface area contributed by atoms with E-state index in [0.29, 0.717) is 52.5 Å². The zero-order valence-electron chi connectivity index (χ0n) is 25.7. The summed E-state index contributed by atoms with van der Waals surface area (Å²) in [5, 5.41) is 13.3. The molecule has 2 aromatic carbocycles. The third-order valence-electron chi connectivity index (χ3n) is 7.73. The minimum absolute atomic E-state index is 0.0515. The van der Waals surface area contributed by atoms with Crippen LogP contribution in [0.4, 0.5) is 0 Å². The standard InChI is InChI=1S/C35H37Cl2N5O3/c1-4-5-16-41(2)22-25-21-39-31-19-23(14-17-42(31)35(25)44)26-8-6-9-27(32(26)36)28-10-7-11-29(33(28)37)30-13-12-24(20-38-15-18-43)34(40-30)45-3/h6-14,17,19,21,38,43H,4-5,15-16,18,20,22H2,1-3H3. The molecule has 0 saturated carbocycles. The monoisotopic (exact) mass is 645 g/mol. The highest BCUT2D eigenvalue weighted by molar-refractivity contribution is 6.39. The molecule has 0 saturated heterocycles. The molecular weight excluding hydrogens is 609 g/mol. The molecule has 8 nitrogen and oxygen atoms in total. The van der Waals surface area contributed by atoms with E-state index in [4.69, 9.17) is 38.0 Å². The molecule has 2 N–H and O–H groups in total. The molecule has 3 aromatic heterocycles. The Labute approximate surface area is 273 Å². The van der Waals surface area contributed by atoms with E-state index in [2.05, 4.69) is 22.1 Å². The number of aliphatic hydroxyl groups excluding tert-OH is 1. The molecule has 0 aliphatic rings. The van der Waals surface area contributed by atoms with Crippen LogP contribution < -0.4 is 15.6 Å². The second kappa shape index (κ2) is 15.0. The number of hydrogen-bond acceptors (Lipinski definition) is 7. The van der Waals surface area contributed by atoms with Gasteiger partial charge in [0.25, 0.3) is 5.56 Å². The van der Waals surface area contributed by atoms with E-state index in [0.717, 1.165) is 52.8 Å². The SMILES string of the molecule is CCCCN(C)Cc1cnc2cc(-c3cccc(-c4cccc(-c5ccc(CNCCO)c(OC)n5)c4Cl)c3Cl)ccn2c1=O. The highest BCUT2D eigenvalue weighted by atomic mass is 35.5. The number of hydrogen-bond donors (Lipinski definition) is 2. The molecule has 5 rings (SSSR count). The summed E-state index contributed by atoms with van der Waals surface area (Å²) in [6, 6.07) is 19.2. The van der Waals surface area contributed by atoms with Gasteiger partial charge >= 0.3 is 0 Å². The predicted molar refractivity (Wildman–Crippen MR) is 182 cm³/mol. The Kier molecular flexibility index (Phi) is 10.9. The van der Waals surface area contributed by atoms with Crippen LogP contribution in [0.5, 0.6) is 5.88 Å². The largest absolute Gasteiger partial charge is 0.481 e. The first kappa shape index (κ1) is 32.6. The number of aliphatic hydroxyl groups is 1. The number of ether oxygens (including phenoxy) is 1. The smallest absolute Gasteiger partial charge is 0.262 e. The Bertz CT molecular complexity index is 1860. The summed E-state index contributed by atoms with van der Waals surface area (Å²) in [7, 11) is 3.60. The van der Waals surface area contributed by atoms with Gasteiger partial charge in [-0.1, -0.05) is 79.0 Å². The summed E-state index contributed by atoms with van der Waals surface area (Å²) in [6.45, 7) is 4.69. The quantitative estimate of drug-likeness (QED) is 0.137. The van der Waals surface area contributed by atoms with E-state index in [1.807, 2.05) is 67.7 Å². The number of aromatic nitrogens is 3. The molecule has 0 spiro atoms. The first-order chi connectivity index (χ1) is 21.9. The van der Waals surface area contributed by atoms with Crippen LogP contribution >= 0.6 is 23.2 Å². The van der Waals surface area contributed by atoms with Crippen molar-refractivity contribution >= 4 is 28.8 Å². The Morgan fingerprint density at radius 1 is 0.978 bits per heavy atom. The van der Waals surface area contributed by atoms with E-state index in [-0.39, 0.29) is 12.2 Å². The van der Waals surface area contributed by atoms with Crippen molar-refractivity contribution in [1.82, 2.24) is 24.6 Å². The fourth-order valence-electron chi connectivity index (χ4n) is 5.32. The van der Waals surface area contributed by atoms with Crippen molar-refractivity contribution in [3.05, 3.63) is 105 Å². The molecule has 234 valence electrons. The summed E-state index contributed by atoms with van der Waals surface area (Å²) in [5.41, 5.74) is 6.60. The zero-order chi connectivity index (χ0) is 31.9. The number of pyridine rings is 2. The van der Waals surface area contributed by atoms with Gasteiger partial charge in [0.05, 0.1) is 35.0 Å². The lowest BCUT2D eigenvalue weighted by Crippen LogP contribution is -2.26. The predicted octanol–water partition coefficient (Wildman–Crippen LogP) is 6.72. The molecule has 0 atom stereocenters. The maximum absolute atomic E-state index is 13.2. The average Bonchev–Trinajstić information content (AvgIpc) is 3.05. The Morgan fingerprint density at radius 3 is 2.40 bits per heavy atom. The van der Waals surface area contributed by atoms with Gasteiger partial charge in [0.1, 0.15) is 5.65 Å². The molecule has 0 amide bonds. The highest BCUT2D eigenvalue weighted by Crippen LogP contribution is 2.42. The highest BCUT2D eigenvalue weighted by Gasteiger charge is 2.18. The molecule has 5 aromatic rings. The van der Waals surface area contributed by atoms with Gasteiger partial charge in [0.15, 0.2) is 0 Å². The summed E-state index contributed by atoms with van der Waals surface area (Å²) in [4.78, 5) is 24.7. The zero-order valence-corrected chi connectivity index (χ0v) is 27.2. The number of benzene rings is 2. The average molecular weight is 647 g/mol. The fraction of sp³-hybridized carbons (Fsp3) is 0.286. The molecule has 0 bridgehead atoms. The van der Waals surface area contributed by atoms with Gasteiger partial charge in [-0.3, -0.25) is 9.20 Å². The second-order valence-electron chi connectivity index (χ2n) is 10.9. The molecular formula is C35H37Cl2N5O3. The third-order valence-corrected chi connectivity index (χ3v) is 8.54. The molecule has 0 unspecified atom stereocenters. The van der Waals surface area contributed by atoms with Crippen LogP contribution in [-0.4, -0.2) is 58.2 Å². The van der Waals surface area contributed by atoms with E-state index < -0.39 is 0 Å². The lowest BCUT2D eigenvalue weighted by Gasteiger charge is -2.16. The Balaban J connectivity index is 1.47. The molecule has 0 aliphatic heterocycles. The minimum atomic E-state index is -0.0713. The second-order valence-corrected chi connectivity index (χ2v) is 11.7. The van der Waals surface area contributed by atoms with Crippen LogP contribution in [0.2, 0.25) is 10.0 Å². The lowest BCUT2D eigenvalue weighted by molar-refractivity contribution is 0.291. The van der Waals surface area contributed by atoms with Crippen molar-refractivity contribution in [3.8, 4) is 39.4 Å². The number of nitrogens with one attached hydrogen (secondary N) is 1. The van der Waals surface area contributed by atoms with E-state index in [9.17, 15) is 4.79 Å². The normalized spacial score (nSPS) is 11.4. The van der Waals surface area contributed by atoms with Crippen molar-refractivity contribution in [2.75, 3.05) is 33.9 Å². The van der Waals surface area contributed by atoms with Gasteiger partial charge in [0.2, 0.25) is 5.88 Å². The number of halogens is 2. The first-order valence-corrected chi connectivity index (χ1v) is 15.7. The van der Waals surface area contributed by atoms with Crippen molar-refractivity contribution in [3.63, 3.8) is 0 Å². The van der Waals surface area contributed by atoms with E-state index >= 15 is 0 Å². The first-order valence-electron chi connectivity index (χ1n) is 15.0. The molecule has 10 heteroatoms. The third kappa shape index (κ3) is 7.21. The van der Waals surface area contributed by atoms with Crippen molar-refractivity contribution in [1.29, 1.82) is 0 Å². The summed E-state index contributed by atoms with van der Waals surface area (Å²) in [5.74, 6) is 0.485. The fourth-order valence-corrected chi connectivity index (χ4v) is 5.98. The van der Waals surface area contributed by atoms with Gasteiger partial charge < -0.3 is 20.1 Å². The van der Waals surface area contributed by atoms with Gasteiger partial charge in [-0.2, -0.15) is 0 Å². The van der Waals surface area contributed by atoms with Gasteiger partial charge in [0, 0.05) is 59.8 Å². The lowest BCUT2D eigenvalue weighted by atomic mass is 9.97. The molecule has 0 aliphatic carbocycles. The summed E-state index contributed by atoms with van der Waals surface area (Å²) < 4.78 is 7.13. The van der Waals surface area contributed by atoms with Crippen molar-refractivity contribution in [2.45, 2.75) is 32.9 Å². The van der Waals surface area contributed by atoms with Crippen molar-refractivity contribution < 1.29 is 9.84 Å². The van der Waals surface area contributed by atoms with Crippen LogP contribution in [0, 0.1) is 0 Å². The molecule has 0 fully saturated rings. The number of rotatable bonds is 13. The molecule has 3 heterocycles. The van der Waals surface area contributed by atoms with Crippen molar-refractivity contribution in [2.24, 2.45) is 0 Å². The van der Waals surface area contributed by atoms with Crippen LogP contribution in [0.3, 0.4) is 0 Å². The topological polar surface area (TPSA) is 92.0 Å². The molecule has 45 heavy (non-hydrogen) atoms. The number of methoxy groups -OCH3 is 1.